The van der Waals surface area contributed by atoms with E-state index >= 15 is 0 Å². The first-order valence-electron chi connectivity index (χ1n) is 7.44. The standard InChI is InChI=1S/C15H22N4O/c16-13-15(7-3-1-2-4-8-15)14(20)17-9-5-11-19-12-6-10-18-19/h6,10,12H,1-5,7-9,11H2,(H,17,20). The molecule has 5 nitrogen and oxygen atoms in total. The second-order valence-electron chi connectivity index (χ2n) is 5.49. The van der Waals surface area contributed by atoms with Gasteiger partial charge in [0.1, 0.15) is 5.41 Å². The molecule has 0 atom stereocenters. The molecule has 1 amide bonds. The Balaban J connectivity index is 1.79. The van der Waals surface area contributed by atoms with Gasteiger partial charge in [0, 0.05) is 25.5 Å². The van der Waals surface area contributed by atoms with E-state index in [0.29, 0.717) is 19.4 Å². The third kappa shape index (κ3) is 3.60. The van der Waals surface area contributed by atoms with E-state index < -0.39 is 5.41 Å². The summed E-state index contributed by atoms with van der Waals surface area (Å²) in [4.78, 5) is 12.3. The van der Waals surface area contributed by atoms with Crippen molar-refractivity contribution in [3.63, 3.8) is 0 Å². The first kappa shape index (κ1) is 14.6. The van der Waals surface area contributed by atoms with Crippen molar-refractivity contribution in [2.24, 2.45) is 5.41 Å². The van der Waals surface area contributed by atoms with Gasteiger partial charge in [-0.05, 0) is 25.3 Å². The highest BCUT2D eigenvalue weighted by Crippen LogP contribution is 2.34. The van der Waals surface area contributed by atoms with Gasteiger partial charge in [-0.25, -0.2) is 0 Å². The van der Waals surface area contributed by atoms with E-state index in [2.05, 4.69) is 16.5 Å². The van der Waals surface area contributed by atoms with Crippen LogP contribution in [0.25, 0.3) is 0 Å². The topological polar surface area (TPSA) is 70.7 Å². The van der Waals surface area contributed by atoms with E-state index in [1.54, 1.807) is 6.20 Å². The quantitative estimate of drug-likeness (QED) is 0.661. The van der Waals surface area contributed by atoms with Crippen LogP contribution < -0.4 is 5.32 Å². The van der Waals surface area contributed by atoms with Gasteiger partial charge < -0.3 is 5.32 Å². The third-order valence-corrected chi connectivity index (χ3v) is 4.01. The van der Waals surface area contributed by atoms with Crippen molar-refractivity contribution in [2.45, 2.75) is 51.5 Å². The zero-order valence-corrected chi connectivity index (χ0v) is 11.8. The van der Waals surface area contributed by atoms with Crippen LogP contribution in [0.5, 0.6) is 0 Å². The fraction of sp³-hybridized carbons (Fsp3) is 0.667. The molecule has 0 saturated heterocycles. The molecule has 108 valence electrons. The van der Waals surface area contributed by atoms with Crippen molar-refractivity contribution < 1.29 is 4.79 Å². The van der Waals surface area contributed by atoms with E-state index in [-0.39, 0.29) is 5.91 Å². The third-order valence-electron chi connectivity index (χ3n) is 4.01. The molecule has 1 aliphatic rings. The second kappa shape index (κ2) is 7.09. The molecular formula is C15H22N4O. The van der Waals surface area contributed by atoms with E-state index in [1.165, 1.54) is 0 Å². The first-order chi connectivity index (χ1) is 9.77. The van der Waals surface area contributed by atoms with Gasteiger partial charge in [0.05, 0.1) is 6.07 Å². The number of aromatic nitrogens is 2. The highest BCUT2D eigenvalue weighted by molar-refractivity contribution is 5.85. The summed E-state index contributed by atoms with van der Waals surface area (Å²) >= 11 is 0. The highest BCUT2D eigenvalue weighted by Gasteiger charge is 2.38. The number of nitrogens with one attached hydrogen (secondary N) is 1. The summed E-state index contributed by atoms with van der Waals surface area (Å²) in [5.41, 5.74) is -0.789. The van der Waals surface area contributed by atoms with Crippen molar-refractivity contribution in [3.05, 3.63) is 18.5 Å². The molecule has 5 heteroatoms. The van der Waals surface area contributed by atoms with Gasteiger partial charge >= 0.3 is 0 Å². The van der Waals surface area contributed by atoms with Crippen LogP contribution in [0.4, 0.5) is 0 Å². The molecule has 1 heterocycles. The van der Waals surface area contributed by atoms with E-state index in [4.69, 9.17) is 0 Å². The van der Waals surface area contributed by atoms with Gasteiger partial charge in [0.25, 0.3) is 0 Å². The maximum atomic E-state index is 12.3. The van der Waals surface area contributed by atoms with Crippen LogP contribution in [0.1, 0.15) is 44.9 Å². The average Bonchev–Trinajstić information content (AvgIpc) is 2.86. The molecule has 0 bridgehead atoms. The number of carbonyl (C=O) groups is 1. The summed E-state index contributed by atoms with van der Waals surface area (Å²) in [6.45, 7) is 1.38. The Hall–Kier alpha value is -1.83. The number of hydrogen-bond acceptors (Lipinski definition) is 3. The Labute approximate surface area is 120 Å². The lowest BCUT2D eigenvalue weighted by Crippen LogP contribution is -2.40. The number of amides is 1. The lowest BCUT2D eigenvalue weighted by atomic mass is 9.81. The summed E-state index contributed by atoms with van der Waals surface area (Å²) in [7, 11) is 0. The molecule has 1 aliphatic carbocycles. The van der Waals surface area contributed by atoms with Crippen LogP contribution in [-0.4, -0.2) is 22.2 Å². The average molecular weight is 274 g/mol. The summed E-state index contributed by atoms with van der Waals surface area (Å²) in [6.07, 6.45) is 10.1. The molecule has 0 radical (unpaired) electrons. The largest absolute Gasteiger partial charge is 0.355 e. The SMILES string of the molecule is N#CC1(C(=O)NCCCn2cccn2)CCCCCC1. The highest BCUT2D eigenvalue weighted by atomic mass is 16.2. The number of aryl methyl sites for hydroxylation is 1. The number of carbonyl (C=O) groups excluding carboxylic acids is 1. The minimum absolute atomic E-state index is 0.0811. The van der Waals surface area contributed by atoms with Gasteiger partial charge in [0.2, 0.25) is 5.91 Å². The fourth-order valence-electron chi connectivity index (χ4n) is 2.77. The van der Waals surface area contributed by atoms with Crippen LogP contribution in [0.15, 0.2) is 18.5 Å². The Morgan fingerprint density at radius 2 is 2.10 bits per heavy atom. The smallest absolute Gasteiger partial charge is 0.240 e. The molecule has 2 rings (SSSR count). The maximum Gasteiger partial charge on any atom is 0.240 e. The molecule has 1 aromatic rings. The van der Waals surface area contributed by atoms with Crippen molar-refractivity contribution in [3.8, 4) is 6.07 Å². The Morgan fingerprint density at radius 1 is 1.35 bits per heavy atom. The van der Waals surface area contributed by atoms with Crippen LogP contribution >= 0.6 is 0 Å². The number of nitriles is 1. The van der Waals surface area contributed by atoms with Crippen molar-refractivity contribution in [2.75, 3.05) is 6.54 Å². The Morgan fingerprint density at radius 3 is 2.70 bits per heavy atom. The number of rotatable bonds is 5. The van der Waals surface area contributed by atoms with Crippen LogP contribution in [0, 0.1) is 16.7 Å². The number of hydrogen-bond donors (Lipinski definition) is 1. The van der Waals surface area contributed by atoms with Gasteiger partial charge in [-0.2, -0.15) is 10.4 Å². The van der Waals surface area contributed by atoms with E-state index in [9.17, 15) is 10.1 Å². The summed E-state index contributed by atoms with van der Waals surface area (Å²) in [6, 6.07) is 4.17. The molecule has 1 fully saturated rings. The Kier molecular flexibility index (Phi) is 5.16. The minimum Gasteiger partial charge on any atom is -0.355 e. The minimum atomic E-state index is -0.789. The van der Waals surface area contributed by atoms with Crippen LogP contribution in [-0.2, 0) is 11.3 Å². The summed E-state index contributed by atoms with van der Waals surface area (Å²) < 4.78 is 1.85. The lowest BCUT2D eigenvalue weighted by Gasteiger charge is -2.23. The summed E-state index contributed by atoms with van der Waals surface area (Å²) in [5, 5.41) is 16.5. The number of nitrogens with zero attached hydrogens (tertiary/aromatic N) is 3. The zero-order chi connectivity index (χ0) is 14.3. The molecular weight excluding hydrogens is 252 g/mol. The van der Waals surface area contributed by atoms with E-state index in [1.807, 2.05) is 16.9 Å². The van der Waals surface area contributed by atoms with Crippen LogP contribution in [0.3, 0.4) is 0 Å². The fourth-order valence-corrected chi connectivity index (χ4v) is 2.77. The van der Waals surface area contributed by atoms with Gasteiger partial charge in [0.15, 0.2) is 0 Å². The van der Waals surface area contributed by atoms with Gasteiger partial charge in [-0.1, -0.05) is 25.7 Å². The van der Waals surface area contributed by atoms with Crippen LogP contribution in [0.2, 0.25) is 0 Å². The first-order valence-corrected chi connectivity index (χ1v) is 7.44. The molecule has 20 heavy (non-hydrogen) atoms. The van der Waals surface area contributed by atoms with Crippen molar-refractivity contribution in [1.82, 2.24) is 15.1 Å². The molecule has 1 aromatic heterocycles. The molecule has 1 saturated carbocycles. The molecule has 0 spiro atoms. The van der Waals surface area contributed by atoms with Gasteiger partial charge in [-0.3, -0.25) is 9.48 Å². The maximum absolute atomic E-state index is 12.3. The Bertz CT molecular complexity index is 453. The predicted octanol–water partition coefficient (Wildman–Crippen LogP) is 2.25. The normalized spacial score (nSPS) is 17.9. The van der Waals surface area contributed by atoms with E-state index in [0.717, 1.165) is 38.6 Å². The summed E-state index contributed by atoms with van der Waals surface area (Å²) in [5.74, 6) is -0.0811. The van der Waals surface area contributed by atoms with Crippen molar-refractivity contribution in [1.29, 1.82) is 5.26 Å². The molecule has 0 aliphatic heterocycles. The molecule has 1 N–H and O–H groups in total. The predicted molar refractivity (Wildman–Crippen MR) is 75.6 cm³/mol. The van der Waals surface area contributed by atoms with Crippen molar-refractivity contribution >= 4 is 5.91 Å². The zero-order valence-electron chi connectivity index (χ0n) is 11.8. The monoisotopic (exact) mass is 274 g/mol. The molecule has 0 aromatic carbocycles. The van der Waals surface area contributed by atoms with Gasteiger partial charge in [-0.15, -0.1) is 0 Å². The lowest BCUT2D eigenvalue weighted by molar-refractivity contribution is -0.128. The second-order valence-corrected chi connectivity index (χ2v) is 5.49. The molecule has 0 unspecified atom stereocenters.